The van der Waals surface area contributed by atoms with Gasteiger partial charge >= 0.3 is 6.09 Å². The quantitative estimate of drug-likeness (QED) is 0.306. The maximum Gasteiger partial charge on any atom is 0.421 e. The number of pyridine rings is 1. The molecule has 4 aromatic rings. The second kappa shape index (κ2) is 10.0. The predicted molar refractivity (Wildman–Crippen MR) is 153 cm³/mol. The van der Waals surface area contributed by atoms with Crippen molar-refractivity contribution in [3.63, 3.8) is 0 Å². The number of aromatic nitrogens is 6. The Morgan fingerprint density at radius 3 is 2.64 bits per heavy atom. The molecule has 1 atom stereocenters. The van der Waals surface area contributed by atoms with Crippen LogP contribution in [-0.2, 0) is 29.9 Å². The smallest absolute Gasteiger partial charge is 0.421 e. The van der Waals surface area contributed by atoms with Crippen LogP contribution in [0, 0.1) is 6.92 Å². The SMILES string of the molecule is Cc1cc(-n2cnnc2NC2CCc3c(cc4cnc(C5CC5)cc4c3S(=O)(=O)N(CC(C)(C)F)C(=O)O)C2)n(C)n1. The number of halogens is 1. The van der Waals surface area contributed by atoms with Crippen LogP contribution in [0.15, 0.2) is 35.6 Å². The first kappa shape index (κ1) is 28.1. The Hall–Kier alpha value is -4.07. The van der Waals surface area contributed by atoms with E-state index in [0.717, 1.165) is 49.5 Å². The van der Waals surface area contributed by atoms with Crippen molar-refractivity contribution in [2.24, 2.45) is 7.05 Å². The predicted octanol–water partition coefficient (Wildman–Crippen LogP) is 4.12. The van der Waals surface area contributed by atoms with Gasteiger partial charge < -0.3 is 10.4 Å². The van der Waals surface area contributed by atoms with Gasteiger partial charge in [-0.2, -0.15) is 9.40 Å². The van der Waals surface area contributed by atoms with Crippen LogP contribution in [0.25, 0.3) is 16.6 Å². The van der Waals surface area contributed by atoms with Crippen LogP contribution in [0.2, 0.25) is 0 Å². The van der Waals surface area contributed by atoms with Crippen molar-refractivity contribution < 1.29 is 22.7 Å². The van der Waals surface area contributed by atoms with Gasteiger partial charge in [0.2, 0.25) is 5.95 Å². The molecule has 0 aliphatic heterocycles. The number of fused-ring (bicyclic) bond motifs is 2. The van der Waals surface area contributed by atoms with Crippen molar-refractivity contribution in [3.8, 4) is 5.82 Å². The summed E-state index contributed by atoms with van der Waals surface area (Å²) >= 11 is 0. The summed E-state index contributed by atoms with van der Waals surface area (Å²) in [6.07, 6.45) is 4.86. The summed E-state index contributed by atoms with van der Waals surface area (Å²) in [6, 6.07) is 5.51. The summed E-state index contributed by atoms with van der Waals surface area (Å²) in [5, 5.41) is 27.1. The van der Waals surface area contributed by atoms with E-state index in [1.807, 2.05) is 26.1 Å². The molecule has 1 saturated carbocycles. The molecule has 12 nitrogen and oxygen atoms in total. The van der Waals surface area contributed by atoms with Crippen LogP contribution in [0.5, 0.6) is 0 Å². The number of aryl methyl sites for hydroxylation is 2. The van der Waals surface area contributed by atoms with Gasteiger partial charge in [-0.1, -0.05) is 0 Å². The third-order valence-electron chi connectivity index (χ3n) is 7.78. The van der Waals surface area contributed by atoms with Crippen LogP contribution < -0.4 is 5.32 Å². The molecule has 3 aromatic heterocycles. The Balaban J connectivity index is 1.42. The molecule has 222 valence electrons. The van der Waals surface area contributed by atoms with Gasteiger partial charge in [-0.05, 0) is 76.1 Å². The number of carbonyl (C=O) groups is 1. The number of carboxylic acid groups (broad SMARTS) is 1. The summed E-state index contributed by atoms with van der Waals surface area (Å²) in [7, 11) is -2.79. The Bertz CT molecular complexity index is 1810. The van der Waals surface area contributed by atoms with E-state index < -0.39 is 28.3 Å². The molecule has 1 amide bonds. The Morgan fingerprint density at radius 2 is 2.00 bits per heavy atom. The number of hydrogen-bond donors (Lipinski definition) is 2. The second-order valence-corrected chi connectivity index (χ2v) is 13.6. The fraction of sp³-hybridized carbons (Fsp3) is 0.464. The monoisotopic (exact) mass is 596 g/mol. The molecule has 2 aliphatic rings. The van der Waals surface area contributed by atoms with Gasteiger partial charge in [0.25, 0.3) is 10.0 Å². The molecule has 6 rings (SSSR count). The lowest BCUT2D eigenvalue weighted by atomic mass is 9.86. The van der Waals surface area contributed by atoms with E-state index >= 15 is 0 Å². The van der Waals surface area contributed by atoms with E-state index in [2.05, 4.69) is 25.6 Å². The second-order valence-electron chi connectivity index (χ2n) is 11.8. The lowest BCUT2D eigenvalue weighted by Gasteiger charge is -2.31. The maximum atomic E-state index is 14.7. The number of rotatable bonds is 8. The number of amides is 1. The largest absolute Gasteiger partial charge is 0.464 e. The molecule has 1 fully saturated rings. The third-order valence-corrected chi connectivity index (χ3v) is 9.63. The molecule has 0 spiro atoms. The zero-order chi connectivity index (χ0) is 30.0. The van der Waals surface area contributed by atoms with Gasteiger partial charge in [-0.25, -0.2) is 17.6 Å². The van der Waals surface area contributed by atoms with E-state index in [0.29, 0.717) is 41.5 Å². The topological polar surface area (TPSA) is 148 Å². The number of anilines is 1. The molecule has 3 heterocycles. The van der Waals surface area contributed by atoms with Crippen molar-refractivity contribution in [1.82, 2.24) is 33.8 Å². The summed E-state index contributed by atoms with van der Waals surface area (Å²) < 4.78 is 46.7. The number of sulfonamides is 1. The molecule has 1 unspecified atom stereocenters. The third kappa shape index (κ3) is 5.19. The highest BCUT2D eigenvalue weighted by atomic mass is 32.2. The van der Waals surface area contributed by atoms with E-state index in [4.69, 9.17) is 0 Å². The summed E-state index contributed by atoms with van der Waals surface area (Å²) in [4.78, 5) is 16.7. The summed E-state index contributed by atoms with van der Waals surface area (Å²) in [5.74, 6) is 1.58. The molecular weight excluding hydrogens is 563 g/mol. The zero-order valence-corrected chi connectivity index (χ0v) is 24.7. The molecular formula is C28H33FN8O4S. The van der Waals surface area contributed by atoms with Crippen molar-refractivity contribution in [2.75, 3.05) is 11.9 Å². The van der Waals surface area contributed by atoms with Gasteiger partial charge in [-0.15, -0.1) is 10.2 Å². The fourth-order valence-corrected chi connectivity index (χ4v) is 7.65. The molecule has 42 heavy (non-hydrogen) atoms. The highest BCUT2D eigenvalue weighted by Crippen LogP contribution is 2.42. The first-order chi connectivity index (χ1) is 19.8. The zero-order valence-electron chi connectivity index (χ0n) is 23.9. The van der Waals surface area contributed by atoms with Crippen molar-refractivity contribution >= 4 is 32.8 Å². The normalized spacial score (nSPS) is 17.3. The average Bonchev–Trinajstić information content (AvgIpc) is 3.57. The Morgan fingerprint density at radius 1 is 1.24 bits per heavy atom. The molecule has 2 aliphatic carbocycles. The molecule has 0 saturated heterocycles. The minimum atomic E-state index is -4.63. The Kier molecular flexibility index (Phi) is 6.71. The molecule has 2 N–H and O–H groups in total. The fourth-order valence-electron chi connectivity index (χ4n) is 5.75. The number of nitrogens with zero attached hydrogens (tertiary/aromatic N) is 7. The van der Waals surface area contributed by atoms with Gasteiger partial charge in [0.05, 0.1) is 17.1 Å². The minimum Gasteiger partial charge on any atom is -0.464 e. The highest BCUT2D eigenvalue weighted by molar-refractivity contribution is 7.90. The summed E-state index contributed by atoms with van der Waals surface area (Å²) in [5.41, 5.74) is 0.892. The van der Waals surface area contributed by atoms with E-state index in [1.54, 1.807) is 27.8 Å². The maximum absolute atomic E-state index is 14.7. The lowest BCUT2D eigenvalue weighted by molar-refractivity contribution is 0.137. The van der Waals surface area contributed by atoms with Crippen LogP contribution in [0.1, 0.15) is 61.5 Å². The number of nitrogens with one attached hydrogen (secondary N) is 1. The van der Waals surface area contributed by atoms with E-state index in [1.165, 1.54) is 0 Å². The standard InChI is InChI=1S/C28H33FN8O4S/c1-16-9-24(35(4)34-16)36-15-31-33-26(36)32-20-7-8-21-18(11-20)10-19-13-30-23(17-5-6-17)12-22(19)25(21)42(40,41)37(27(38)39)14-28(2,3)29/h9-10,12-13,15,17,20H,5-8,11,14H2,1-4H3,(H,32,33)(H,38,39). The van der Waals surface area contributed by atoms with Crippen LogP contribution in [-0.4, -0.2) is 71.7 Å². The van der Waals surface area contributed by atoms with Crippen LogP contribution >= 0.6 is 0 Å². The lowest BCUT2D eigenvalue weighted by Crippen LogP contribution is -2.44. The van der Waals surface area contributed by atoms with E-state index in [9.17, 15) is 22.7 Å². The molecule has 0 radical (unpaired) electrons. The van der Waals surface area contributed by atoms with Crippen LogP contribution in [0.3, 0.4) is 0 Å². The molecule has 1 aromatic carbocycles. The van der Waals surface area contributed by atoms with Gasteiger partial charge in [0, 0.05) is 47.7 Å². The first-order valence-corrected chi connectivity index (χ1v) is 15.3. The van der Waals surface area contributed by atoms with Gasteiger partial charge in [0.1, 0.15) is 17.8 Å². The van der Waals surface area contributed by atoms with Crippen molar-refractivity contribution in [1.29, 1.82) is 0 Å². The average molecular weight is 597 g/mol. The first-order valence-electron chi connectivity index (χ1n) is 13.9. The highest BCUT2D eigenvalue weighted by Gasteiger charge is 2.39. The number of alkyl halides is 1. The summed E-state index contributed by atoms with van der Waals surface area (Å²) in [6.45, 7) is 3.41. The van der Waals surface area contributed by atoms with E-state index in [-0.39, 0.29) is 21.2 Å². The van der Waals surface area contributed by atoms with Gasteiger partial charge in [0.15, 0.2) is 0 Å². The number of hydrogen-bond acceptors (Lipinski definition) is 8. The number of benzene rings is 1. The Labute approximate surface area is 242 Å². The van der Waals surface area contributed by atoms with Crippen molar-refractivity contribution in [3.05, 3.63) is 53.2 Å². The van der Waals surface area contributed by atoms with Crippen molar-refractivity contribution in [2.45, 2.75) is 75.4 Å². The van der Waals surface area contributed by atoms with Gasteiger partial charge in [-0.3, -0.25) is 14.2 Å². The molecule has 0 bridgehead atoms. The molecule has 14 heteroatoms. The van der Waals surface area contributed by atoms with Crippen LogP contribution in [0.4, 0.5) is 15.1 Å². The minimum absolute atomic E-state index is 0.0714.